The molecule has 0 amide bonds. The molecule has 1 aromatic heterocycles. The summed E-state index contributed by atoms with van der Waals surface area (Å²) in [6.07, 6.45) is -5.29. The van der Waals surface area contributed by atoms with Gasteiger partial charge in [0.2, 0.25) is 11.2 Å². The molecule has 0 spiro atoms. The summed E-state index contributed by atoms with van der Waals surface area (Å²) in [7, 11) is 0. The summed E-state index contributed by atoms with van der Waals surface area (Å²) < 4.78 is 60.4. The quantitative estimate of drug-likeness (QED) is 0.388. The number of hydrogen-bond acceptors (Lipinski definition) is 6. The molecule has 0 aliphatic heterocycles. The van der Waals surface area contributed by atoms with E-state index in [4.69, 9.17) is 13.9 Å². The van der Waals surface area contributed by atoms with E-state index in [2.05, 4.69) is 4.74 Å². The highest BCUT2D eigenvalue weighted by molar-refractivity contribution is 5.80. The van der Waals surface area contributed by atoms with Gasteiger partial charge in [-0.05, 0) is 43.2 Å². The molecule has 158 valence electrons. The first-order valence-corrected chi connectivity index (χ1v) is 9.02. The van der Waals surface area contributed by atoms with E-state index in [9.17, 15) is 22.8 Å². The molecule has 0 saturated heterocycles. The lowest BCUT2D eigenvalue weighted by atomic mass is 10.1. The van der Waals surface area contributed by atoms with Crippen LogP contribution in [0.2, 0.25) is 0 Å². The normalized spacial score (nSPS) is 11.4. The highest BCUT2D eigenvalue weighted by Crippen LogP contribution is 2.38. The second-order valence-corrected chi connectivity index (χ2v) is 6.13. The van der Waals surface area contributed by atoms with Crippen molar-refractivity contribution in [2.24, 2.45) is 0 Å². The molecular formula is C21H17F3O6. The maximum Gasteiger partial charge on any atom is 0.513 e. The molecule has 0 radical (unpaired) electrons. The summed E-state index contributed by atoms with van der Waals surface area (Å²) in [5.41, 5.74) is -0.466. The molecule has 0 aliphatic rings. The van der Waals surface area contributed by atoms with E-state index in [1.807, 2.05) is 6.92 Å². The first-order chi connectivity index (χ1) is 14.2. The van der Waals surface area contributed by atoms with E-state index in [-0.39, 0.29) is 23.5 Å². The maximum absolute atomic E-state index is 13.6. The van der Waals surface area contributed by atoms with Crippen molar-refractivity contribution < 1.29 is 36.6 Å². The van der Waals surface area contributed by atoms with Crippen LogP contribution in [0.4, 0.5) is 18.0 Å². The Labute approximate surface area is 168 Å². The second kappa shape index (κ2) is 8.48. The number of halogens is 3. The Bertz CT molecular complexity index is 1120. The van der Waals surface area contributed by atoms with Crippen LogP contribution in [-0.4, -0.2) is 12.8 Å². The van der Waals surface area contributed by atoms with Crippen molar-refractivity contribution in [1.82, 2.24) is 0 Å². The third kappa shape index (κ3) is 4.56. The van der Waals surface area contributed by atoms with Crippen molar-refractivity contribution >= 4 is 17.1 Å². The number of hydrogen-bond donors (Lipinski definition) is 0. The fraction of sp³-hybridized carbons (Fsp3) is 0.238. The molecule has 3 rings (SSSR count). The Morgan fingerprint density at radius 2 is 1.70 bits per heavy atom. The van der Waals surface area contributed by atoms with E-state index >= 15 is 0 Å². The van der Waals surface area contributed by atoms with Crippen molar-refractivity contribution in [1.29, 1.82) is 0 Å². The monoisotopic (exact) mass is 422 g/mol. The smallest absolute Gasteiger partial charge is 0.449 e. The van der Waals surface area contributed by atoms with Gasteiger partial charge in [0.1, 0.15) is 17.1 Å². The van der Waals surface area contributed by atoms with E-state index in [0.717, 1.165) is 18.1 Å². The van der Waals surface area contributed by atoms with Gasteiger partial charge in [0.15, 0.2) is 0 Å². The summed E-state index contributed by atoms with van der Waals surface area (Å²) in [5, 5.41) is -0.167. The van der Waals surface area contributed by atoms with Gasteiger partial charge in [-0.15, -0.1) is 0 Å². The second-order valence-electron chi connectivity index (χ2n) is 6.13. The van der Waals surface area contributed by atoms with Gasteiger partial charge in [-0.2, -0.15) is 13.2 Å². The van der Waals surface area contributed by atoms with Crippen molar-refractivity contribution in [3.63, 3.8) is 0 Å². The van der Waals surface area contributed by atoms with Crippen LogP contribution in [0.15, 0.2) is 51.7 Å². The molecule has 0 unspecified atom stereocenters. The molecule has 0 atom stereocenters. The zero-order valence-electron chi connectivity index (χ0n) is 16.0. The zero-order valence-corrected chi connectivity index (χ0v) is 16.0. The van der Waals surface area contributed by atoms with Crippen LogP contribution in [0.5, 0.6) is 17.2 Å². The van der Waals surface area contributed by atoms with Crippen LogP contribution < -0.4 is 14.9 Å². The summed E-state index contributed by atoms with van der Waals surface area (Å²) in [6, 6.07) is 9.74. The predicted molar refractivity (Wildman–Crippen MR) is 101 cm³/mol. The van der Waals surface area contributed by atoms with Gasteiger partial charge < -0.3 is 18.6 Å². The van der Waals surface area contributed by atoms with E-state index < -0.39 is 34.9 Å². The Kier molecular flexibility index (Phi) is 6.00. The SMILES string of the molecule is CCOC(=O)Oc1ccc2c(=O)c(Oc3ccc(CC)cc3)c(C(F)(F)F)oc2c1. The third-order valence-corrected chi connectivity index (χ3v) is 4.09. The van der Waals surface area contributed by atoms with Crippen molar-refractivity contribution in [3.8, 4) is 17.2 Å². The number of fused-ring (bicyclic) bond motifs is 1. The average Bonchev–Trinajstić information content (AvgIpc) is 2.69. The van der Waals surface area contributed by atoms with Gasteiger partial charge >= 0.3 is 12.3 Å². The Balaban J connectivity index is 2.08. The molecular weight excluding hydrogens is 405 g/mol. The minimum absolute atomic E-state index is 0.0552. The van der Waals surface area contributed by atoms with Crippen LogP contribution in [0.1, 0.15) is 25.2 Å². The van der Waals surface area contributed by atoms with E-state index in [1.54, 1.807) is 19.1 Å². The predicted octanol–water partition coefficient (Wildman–Crippen LogP) is 5.70. The number of carbonyl (C=O) groups is 1. The lowest BCUT2D eigenvalue weighted by Crippen LogP contribution is -2.15. The molecule has 2 aromatic carbocycles. The number of ether oxygens (including phenoxy) is 3. The first kappa shape index (κ1) is 21.2. The Hall–Kier alpha value is -3.49. The summed E-state index contributed by atoms with van der Waals surface area (Å²) in [5.74, 6) is -2.64. The topological polar surface area (TPSA) is 75.0 Å². The zero-order chi connectivity index (χ0) is 21.9. The van der Waals surface area contributed by atoms with Gasteiger partial charge in [-0.25, -0.2) is 4.79 Å². The molecule has 6 nitrogen and oxygen atoms in total. The maximum atomic E-state index is 13.6. The average molecular weight is 422 g/mol. The molecule has 0 N–H and O–H groups in total. The van der Waals surface area contributed by atoms with Crippen LogP contribution >= 0.6 is 0 Å². The number of benzene rings is 2. The summed E-state index contributed by atoms with van der Waals surface area (Å²) in [6.45, 7) is 3.54. The lowest BCUT2D eigenvalue weighted by molar-refractivity contribution is -0.154. The Morgan fingerprint density at radius 3 is 2.30 bits per heavy atom. The minimum atomic E-state index is -5.00. The Morgan fingerprint density at radius 1 is 1.03 bits per heavy atom. The van der Waals surface area contributed by atoms with E-state index in [1.165, 1.54) is 24.3 Å². The van der Waals surface area contributed by atoms with Crippen molar-refractivity contribution in [2.45, 2.75) is 26.4 Å². The van der Waals surface area contributed by atoms with Crippen molar-refractivity contribution in [2.75, 3.05) is 6.61 Å². The highest BCUT2D eigenvalue weighted by atomic mass is 19.4. The summed E-state index contributed by atoms with van der Waals surface area (Å²) in [4.78, 5) is 24.1. The van der Waals surface area contributed by atoms with Gasteiger partial charge in [-0.1, -0.05) is 19.1 Å². The molecule has 0 fully saturated rings. The summed E-state index contributed by atoms with van der Waals surface area (Å²) >= 11 is 0. The minimum Gasteiger partial charge on any atom is -0.449 e. The standard InChI is InChI=1S/C21H17F3O6/c1-3-12-5-7-13(8-6-12)28-18-17(25)15-10-9-14(29-20(26)27-4-2)11-16(15)30-19(18)21(22,23)24/h5-11H,3-4H2,1-2H3. The number of aryl methyl sites for hydroxylation is 1. The lowest BCUT2D eigenvalue weighted by Gasteiger charge is -2.13. The van der Waals surface area contributed by atoms with Crippen molar-refractivity contribution in [3.05, 3.63) is 64.0 Å². The van der Waals surface area contributed by atoms with Crippen LogP contribution in [0.25, 0.3) is 11.0 Å². The van der Waals surface area contributed by atoms with Gasteiger partial charge in [0.25, 0.3) is 5.76 Å². The first-order valence-electron chi connectivity index (χ1n) is 9.02. The number of carbonyl (C=O) groups excluding carboxylic acids is 1. The largest absolute Gasteiger partial charge is 0.513 e. The van der Waals surface area contributed by atoms with Crippen LogP contribution in [-0.2, 0) is 17.3 Å². The fourth-order valence-electron chi connectivity index (χ4n) is 2.65. The van der Waals surface area contributed by atoms with Crippen LogP contribution in [0.3, 0.4) is 0 Å². The fourth-order valence-corrected chi connectivity index (χ4v) is 2.65. The number of alkyl halides is 3. The third-order valence-electron chi connectivity index (χ3n) is 4.09. The van der Waals surface area contributed by atoms with Gasteiger partial charge in [0.05, 0.1) is 12.0 Å². The van der Waals surface area contributed by atoms with Gasteiger partial charge in [-0.3, -0.25) is 4.79 Å². The molecule has 30 heavy (non-hydrogen) atoms. The van der Waals surface area contributed by atoms with Crippen LogP contribution in [0, 0.1) is 0 Å². The molecule has 9 heteroatoms. The van der Waals surface area contributed by atoms with Gasteiger partial charge in [0, 0.05) is 6.07 Å². The molecule has 0 aliphatic carbocycles. The molecule has 1 heterocycles. The highest BCUT2D eigenvalue weighted by Gasteiger charge is 2.40. The number of rotatable bonds is 5. The molecule has 0 bridgehead atoms. The molecule has 3 aromatic rings. The van der Waals surface area contributed by atoms with E-state index in [0.29, 0.717) is 0 Å². The molecule has 0 saturated carbocycles.